The average Bonchev–Trinajstić information content (AvgIpc) is 3.48. The second-order valence-corrected chi connectivity index (χ2v) is 12.1. The zero-order valence-electron chi connectivity index (χ0n) is 23.8. The number of likely N-dealkylation sites (N-methyl/N-ethyl adjacent to an activating group) is 1. The van der Waals surface area contributed by atoms with Gasteiger partial charge in [-0.2, -0.15) is 15.2 Å². The molecular weight excluding hydrogens is 545 g/mol. The van der Waals surface area contributed by atoms with E-state index in [0.717, 1.165) is 36.1 Å². The van der Waals surface area contributed by atoms with Gasteiger partial charge in [-0.1, -0.05) is 12.6 Å². The highest BCUT2D eigenvalue weighted by atomic mass is 19.1. The Morgan fingerprint density at radius 3 is 2.76 bits per heavy atom. The van der Waals surface area contributed by atoms with E-state index in [4.69, 9.17) is 14.7 Å². The molecule has 2 aliphatic carbocycles. The number of carbonyl (C=O) groups is 1. The van der Waals surface area contributed by atoms with Crippen molar-refractivity contribution in [3.05, 3.63) is 58.8 Å². The minimum atomic E-state index is -1.05. The summed E-state index contributed by atoms with van der Waals surface area (Å²) < 4.78 is 48.2. The number of piperazine rings is 1. The molecule has 4 atom stereocenters. The molecule has 1 aromatic carbocycles. The molecule has 4 unspecified atom stereocenters. The van der Waals surface area contributed by atoms with Crippen LogP contribution in [0.25, 0.3) is 0 Å². The summed E-state index contributed by atoms with van der Waals surface area (Å²) in [6, 6.07) is 6.75. The van der Waals surface area contributed by atoms with E-state index < -0.39 is 23.9 Å². The molecule has 1 spiro atoms. The summed E-state index contributed by atoms with van der Waals surface area (Å²) in [7, 11) is 1.87. The second kappa shape index (κ2) is 11.2. The molecule has 0 saturated carbocycles. The van der Waals surface area contributed by atoms with Crippen LogP contribution in [-0.2, 0) is 29.5 Å². The molecule has 11 heteroatoms. The lowest BCUT2D eigenvalue weighted by Gasteiger charge is -2.42. The number of hydrogen-bond acceptors (Lipinski definition) is 7. The molecule has 0 N–H and O–H groups in total. The third-order valence-corrected chi connectivity index (χ3v) is 9.57. The van der Waals surface area contributed by atoms with Crippen molar-refractivity contribution in [2.75, 3.05) is 44.7 Å². The third kappa shape index (κ3) is 5.21. The number of fused-ring (bicyclic) bond motifs is 3. The van der Waals surface area contributed by atoms with Gasteiger partial charge in [0.25, 0.3) is 5.91 Å². The van der Waals surface area contributed by atoms with Gasteiger partial charge in [-0.25, -0.2) is 13.2 Å². The van der Waals surface area contributed by atoms with E-state index in [1.807, 2.05) is 22.9 Å². The van der Waals surface area contributed by atoms with Crippen molar-refractivity contribution < 1.29 is 22.7 Å². The highest BCUT2D eigenvalue weighted by Gasteiger charge is 2.44. The van der Waals surface area contributed by atoms with Crippen LogP contribution in [0.1, 0.15) is 48.1 Å². The number of carbonyl (C=O) groups excluding carboxylic acids is 1. The number of amides is 1. The van der Waals surface area contributed by atoms with Crippen LogP contribution >= 0.6 is 0 Å². The van der Waals surface area contributed by atoms with E-state index >= 15 is 0 Å². The fraction of sp³-hybridized carbons (Fsp3) is 0.548. The van der Waals surface area contributed by atoms with E-state index in [1.54, 1.807) is 6.07 Å². The summed E-state index contributed by atoms with van der Waals surface area (Å²) in [6.45, 7) is 4.64. The zero-order chi connectivity index (χ0) is 29.6. The number of hydrogen-bond donors (Lipinski definition) is 0. The van der Waals surface area contributed by atoms with Gasteiger partial charge in [0.1, 0.15) is 24.4 Å². The van der Waals surface area contributed by atoms with Gasteiger partial charge in [0.15, 0.2) is 5.83 Å². The lowest BCUT2D eigenvalue weighted by atomic mass is 9.69. The van der Waals surface area contributed by atoms with E-state index in [1.165, 1.54) is 16.5 Å². The number of rotatable bonds is 6. The summed E-state index contributed by atoms with van der Waals surface area (Å²) in [5, 5.41) is 9.46. The fourth-order valence-electron chi connectivity index (χ4n) is 7.34. The molecule has 3 heterocycles. The number of aryl methyl sites for hydroxylation is 1. The highest BCUT2D eigenvalue weighted by Crippen LogP contribution is 2.49. The minimum Gasteiger partial charge on any atom is -0.462 e. The number of nitrogens with zero attached hydrogens (tertiary/aromatic N) is 6. The van der Waals surface area contributed by atoms with Crippen LogP contribution in [0.15, 0.2) is 30.6 Å². The molecule has 1 aromatic heterocycles. The number of anilines is 1. The number of aromatic nitrogens is 2. The Balaban J connectivity index is 1.33. The molecule has 0 radical (unpaired) electrons. The first-order chi connectivity index (χ1) is 20.2. The van der Waals surface area contributed by atoms with E-state index in [0.29, 0.717) is 44.7 Å². The molecule has 42 heavy (non-hydrogen) atoms. The molecule has 2 saturated heterocycles. The fourth-order valence-corrected chi connectivity index (χ4v) is 7.34. The lowest BCUT2D eigenvalue weighted by Crippen LogP contribution is -2.55. The first-order valence-corrected chi connectivity index (χ1v) is 14.6. The Labute approximate surface area is 243 Å². The van der Waals surface area contributed by atoms with Crippen LogP contribution in [0.4, 0.5) is 19.0 Å². The van der Waals surface area contributed by atoms with Gasteiger partial charge >= 0.3 is 6.01 Å². The van der Waals surface area contributed by atoms with Gasteiger partial charge in [0.05, 0.1) is 24.2 Å². The highest BCUT2D eigenvalue weighted by molar-refractivity contribution is 5.91. The molecule has 6 rings (SSSR count). The molecule has 0 bridgehead atoms. The Morgan fingerprint density at radius 1 is 1.21 bits per heavy atom. The smallest absolute Gasteiger partial charge is 0.318 e. The van der Waals surface area contributed by atoms with Gasteiger partial charge < -0.3 is 14.5 Å². The molecule has 2 aliphatic heterocycles. The minimum absolute atomic E-state index is 0.0377. The summed E-state index contributed by atoms with van der Waals surface area (Å²) >= 11 is 0. The van der Waals surface area contributed by atoms with E-state index in [2.05, 4.69) is 12.6 Å². The number of halogens is 3. The third-order valence-electron chi connectivity index (χ3n) is 9.57. The number of benzene rings is 1. The maximum absolute atomic E-state index is 14.3. The van der Waals surface area contributed by atoms with Crippen LogP contribution in [0.3, 0.4) is 0 Å². The summed E-state index contributed by atoms with van der Waals surface area (Å²) in [5.41, 5.74) is 3.81. The predicted molar refractivity (Wildman–Crippen MR) is 150 cm³/mol. The van der Waals surface area contributed by atoms with Crippen LogP contribution < -0.4 is 9.64 Å². The Hall–Kier alpha value is -3.65. The monoisotopic (exact) mass is 580 g/mol. The van der Waals surface area contributed by atoms with Gasteiger partial charge in [0, 0.05) is 43.2 Å². The summed E-state index contributed by atoms with van der Waals surface area (Å²) in [4.78, 5) is 27.5. The van der Waals surface area contributed by atoms with Crippen LogP contribution in [0.2, 0.25) is 0 Å². The summed E-state index contributed by atoms with van der Waals surface area (Å²) in [6.07, 6.45) is 3.42. The number of alkyl halides is 1. The zero-order valence-corrected chi connectivity index (χ0v) is 23.8. The molecule has 2 aromatic rings. The van der Waals surface area contributed by atoms with Gasteiger partial charge in [-0.05, 0) is 68.8 Å². The van der Waals surface area contributed by atoms with E-state index in [9.17, 15) is 23.2 Å². The topological polar surface area (TPSA) is 85.6 Å². The summed E-state index contributed by atoms with van der Waals surface area (Å²) in [5.74, 6) is -1.41. The first kappa shape index (κ1) is 28.5. The lowest BCUT2D eigenvalue weighted by molar-refractivity contribution is -0.131. The van der Waals surface area contributed by atoms with Gasteiger partial charge in [0.2, 0.25) is 0 Å². The largest absolute Gasteiger partial charge is 0.462 e. The average molecular weight is 581 g/mol. The Kier molecular flexibility index (Phi) is 7.60. The SMILES string of the molecule is C=C(F)C(=O)N1CCN(c2nc(OCC3CC(F)CN3C)nc3c2CCC2(CCc4ccc(F)cc42)C3)CC1CC#N. The van der Waals surface area contributed by atoms with Crippen molar-refractivity contribution in [3.63, 3.8) is 0 Å². The van der Waals surface area contributed by atoms with Crippen LogP contribution in [0.5, 0.6) is 6.01 Å². The Morgan fingerprint density at radius 2 is 2.02 bits per heavy atom. The van der Waals surface area contributed by atoms with Crippen molar-refractivity contribution in [1.82, 2.24) is 19.8 Å². The van der Waals surface area contributed by atoms with Crippen LogP contribution in [0, 0.1) is 17.1 Å². The molecule has 222 valence electrons. The molecule has 4 aliphatic rings. The van der Waals surface area contributed by atoms with Crippen molar-refractivity contribution in [2.24, 2.45) is 0 Å². The quantitative estimate of drug-likeness (QED) is 0.481. The van der Waals surface area contributed by atoms with Gasteiger partial charge in [-0.15, -0.1) is 0 Å². The predicted octanol–water partition coefficient (Wildman–Crippen LogP) is 3.82. The van der Waals surface area contributed by atoms with Crippen molar-refractivity contribution in [3.8, 4) is 12.1 Å². The van der Waals surface area contributed by atoms with Crippen molar-refractivity contribution >= 4 is 11.7 Å². The maximum atomic E-state index is 14.3. The van der Waals surface area contributed by atoms with Crippen LogP contribution in [-0.4, -0.2) is 83.8 Å². The molecule has 2 fully saturated rings. The van der Waals surface area contributed by atoms with Crippen molar-refractivity contribution in [1.29, 1.82) is 5.26 Å². The standard InChI is InChI=1S/C31H35F3N6O2/c1-19(32)29(41)40-12-11-39(17-23(40)7-10-35)28-25-6-9-31(8-5-20-3-4-21(33)14-26(20)31)15-27(25)36-30(37-28)42-18-24-13-22(34)16-38(24)2/h3-4,14,22-24H,1,5-9,11-13,15-18H2,2H3. The number of nitriles is 1. The second-order valence-electron chi connectivity index (χ2n) is 12.1. The molecule has 1 amide bonds. The number of ether oxygens (including phenoxy) is 1. The van der Waals surface area contributed by atoms with E-state index in [-0.39, 0.29) is 42.9 Å². The van der Waals surface area contributed by atoms with Crippen molar-refractivity contribution in [2.45, 2.75) is 68.6 Å². The first-order valence-electron chi connectivity index (χ1n) is 14.6. The normalized spacial score (nSPS) is 27.1. The van der Waals surface area contributed by atoms with Gasteiger partial charge in [-0.3, -0.25) is 9.69 Å². The number of likely N-dealkylation sites (tertiary alicyclic amines) is 1. The molecular formula is C31H35F3N6O2. The Bertz CT molecular complexity index is 1450. The maximum Gasteiger partial charge on any atom is 0.318 e. The molecule has 8 nitrogen and oxygen atoms in total.